The molecule has 0 bridgehead atoms. The predicted molar refractivity (Wildman–Crippen MR) is 102 cm³/mol. The molecule has 0 aliphatic carbocycles. The van der Waals surface area contributed by atoms with Crippen LogP contribution in [0.25, 0.3) is 0 Å². The topological polar surface area (TPSA) is 43.6 Å². The van der Waals surface area contributed by atoms with Gasteiger partial charge in [0.15, 0.2) is 0 Å². The average molecular weight is 337 g/mol. The van der Waals surface area contributed by atoms with Crippen molar-refractivity contribution in [1.29, 1.82) is 0 Å². The molecule has 0 N–H and O–H groups in total. The third-order valence-corrected chi connectivity index (χ3v) is 5.18. The lowest BCUT2D eigenvalue weighted by molar-refractivity contribution is 0.395. The van der Waals surface area contributed by atoms with Crippen molar-refractivity contribution in [1.82, 2.24) is 20.2 Å². The van der Waals surface area contributed by atoms with Gasteiger partial charge in [-0.05, 0) is 22.8 Å². The molecule has 0 saturated heterocycles. The van der Waals surface area contributed by atoms with Crippen molar-refractivity contribution < 1.29 is 0 Å². The summed E-state index contributed by atoms with van der Waals surface area (Å²) in [5.74, 6) is 0.997. The number of aromatic nitrogens is 4. The lowest BCUT2D eigenvalue weighted by atomic mass is 9.92. The van der Waals surface area contributed by atoms with Gasteiger partial charge in [0.05, 0.1) is 0 Å². The fourth-order valence-electron chi connectivity index (χ4n) is 3.46. The van der Waals surface area contributed by atoms with Crippen LogP contribution in [0.5, 0.6) is 0 Å². The summed E-state index contributed by atoms with van der Waals surface area (Å²) in [6, 6.07) is 0. The highest BCUT2D eigenvalue weighted by Crippen LogP contribution is 2.21. The molecule has 1 unspecified atom stereocenters. The Balaban J connectivity index is 1.79. The monoisotopic (exact) mass is 336 g/mol. The Labute approximate surface area is 149 Å². The zero-order valence-corrected chi connectivity index (χ0v) is 16.3. The standard InChI is InChI=1S/C20H40N4/c1-3-5-13-16-20(4-2)17-14-11-9-7-6-8-10-12-15-18-24-19-21-22-23-24/h19-20H,3-18H2,1-2H3. The van der Waals surface area contributed by atoms with Crippen molar-refractivity contribution in [3.63, 3.8) is 0 Å². The summed E-state index contributed by atoms with van der Waals surface area (Å²) in [7, 11) is 0. The molecular weight excluding hydrogens is 296 g/mol. The van der Waals surface area contributed by atoms with Crippen molar-refractivity contribution in [2.45, 2.75) is 117 Å². The molecule has 0 aromatic carbocycles. The molecule has 1 aromatic rings. The molecule has 4 nitrogen and oxygen atoms in total. The van der Waals surface area contributed by atoms with Crippen LogP contribution in [0.2, 0.25) is 0 Å². The average Bonchev–Trinajstić information content (AvgIpc) is 3.11. The van der Waals surface area contributed by atoms with Crippen LogP contribution in [0.15, 0.2) is 6.33 Å². The fourth-order valence-corrected chi connectivity index (χ4v) is 3.46. The fraction of sp³-hybridized carbons (Fsp3) is 0.950. The minimum atomic E-state index is 0.962. The van der Waals surface area contributed by atoms with Gasteiger partial charge in [-0.1, -0.05) is 104 Å². The first-order chi connectivity index (χ1) is 11.9. The molecule has 1 atom stereocenters. The minimum Gasteiger partial charge on any atom is -0.233 e. The summed E-state index contributed by atoms with van der Waals surface area (Å²) in [4.78, 5) is 0. The Hall–Kier alpha value is -0.930. The molecule has 0 aliphatic heterocycles. The minimum absolute atomic E-state index is 0.962. The van der Waals surface area contributed by atoms with E-state index in [9.17, 15) is 0 Å². The summed E-state index contributed by atoms with van der Waals surface area (Å²) in [6.45, 7) is 5.63. The molecule has 1 heterocycles. The van der Waals surface area contributed by atoms with Crippen LogP contribution in [0.4, 0.5) is 0 Å². The van der Waals surface area contributed by atoms with Gasteiger partial charge in [-0.15, -0.1) is 5.10 Å². The number of tetrazole rings is 1. The molecule has 24 heavy (non-hydrogen) atoms. The quantitative estimate of drug-likeness (QED) is 0.319. The first-order valence-electron chi connectivity index (χ1n) is 10.6. The Kier molecular flexibility index (Phi) is 13.7. The van der Waals surface area contributed by atoms with Gasteiger partial charge >= 0.3 is 0 Å². The number of nitrogens with zero attached hydrogens (tertiary/aromatic N) is 4. The number of rotatable bonds is 17. The summed E-state index contributed by atoms with van der Waals surface area (Å²) in [6.07, 6.45) is 22.7. The van der Waals surface area contributed by atoms with Crippen LogP contribution in [0.1, 0.15) is 110 Å². The van der Waals surface area contributed by atoms with Crippen molar-refractivity contribution >= 4 is 0 Å². The molecule has 140 valence electrons. The van der Waals surface area contributed by atoms with Crippen LogP contribution < -0.4 is 0 Å². The Bertz CT molecular complexity index is 351. The second-order valence-corrected chi connectivity index (χ2v) is 7.31. The van der Waals surface area contributed by atoms with E-state index in [2.05, 4.69) is 29.4 Å². The summed E-state index contributed by atoms with van der Waals surface area (Å²) >= 11 is 0. The molecule has 4 heteroatoms. The normalized spacial score (nSPS) is 12.6. The maximum atomic E-state index is 3.89. The lowest BCUT2D eigenvalue weighted by Gasteiger charge is -2.14. The van der Waals surface area contributed by atoms with E-state index in [1.54, 1.807) is 6.33 Å². The Morgan fingerprint density at radius 1 is 0.750 bits per heavy atom. The highest BCUT2D eigenvalue weighted by molar-refractivity contribution is 4.58. The van der Waals surface area contributed by atoms with Gasteiger partial charge in [0.2, 0.25) is 0 Å². The first kappa shape index (κ1) is 21.1. The SMILES string of the molecule is CCCCCC(CC)CCCCCCCCCCCn1cnnn1. The molecule has 1 aromatic heterocycles. The van der Waals surface area contributed by atoms with E-state index in [1.165, 1.54) is 96.3 Å². The van der Waals surface area contributed by atoms with Gasteiger partial charge in [0.1, 0.15) is 6.33 Å². The van der Waals surface area contributed by atoms with Gasteiger partial charge in [0.25, 0.3) is 0 Å². The van der Waals surface area contributed by atoms with Crippen LogP contribution in [0, 0.1) is 5.92 Å². The number of aryl methyl sites for hydroxylation is 1. The Morgan fingerprint density at radius 2 is 1.33 bits per heavy atom. The van der Waals surface area contributed by atoms with Crippen molar-refractivity contribution in [3.8, 4) is 0 Å². The number of hydrogen-bond acceptors (Lipinski definition) is 3. The highest BCUT2D eigenvalue weighted by atomic mass is 15.5. The third kappa shape index (κ3) is 11.6. The maximum absolute atomic E-state index is 3.89. The zero-order chi connectivity index (χ0) is 17.3. The molecule has 0 aliphatic rings. The van der Waals surface area contributed by atoms with E-state index in [0.717, 1.165) is 12.5 Å². The van der Waals surface area contributed by atoms with Crippen LogP contribution in [0.3, 0.4) is 0 Å². The predicted octanol–water partition coefficient (Wildman–Crippen LogP) is 6.18. The zero-order valence-electron chi connectivity index (χ0n) is 16.3. The van der Waals surface area contributed by atoms with E-state index in [0.29, 0.717) is 0 Å². The maximum Gasteiger partial charge on any atom is 0.138 e. The lowest BCUT2D eigenvalue weighted by Crippen LogP contribution is -1.99. The molecule has 0 amide bonds. The molecular formula is C20H40N4. The third-order valence-electron chi connectivity index (χ3n) is 5.18. The van der Waals surface area contributed by atoms with Crippen molar-refractivity contribution in [2.24, 2.45) is 5.92 Å². The first-order valence-corrected chi connectivity index (χ1v) is 10.6. The van der Waals surface area contributed by atoms with Gasteiger partial charge < -0.3 is 0 Å². The molecule has 0 saturated carbocycles. The molecule has 0 spiro atoms. The Morgan fingerprint density at radius 3 is 1.88 bits per heavy atom. The van der Waals surface area contributed by atoms with Gasteiger partial charge in [-0.25, -0.2) is 4.68 Å². The molecule has 1 rings (SSSR count). The second kappa shape index (κ2) is 15.6. The smallest absolute Gasteiger partial charge is 0.138 e. The summed E-state index contributed by atoms with van der Waals surface area (Å²) in [5, 5.41) is 11.2. The van der Waals surface area contributed by atoms with Crippen LogP contribution >= 0.6 is 0 Å². The highest BCUT2D eigenvalue weighted by Gasteiger charge is 2.05. The van der Waals surface area contributed by atoms with E-state index in [-0.39, 0.29) is 0 Å². The second-order valence-electron chi connectivity index (χ2n) is 7.31. The van der Waals surface area contributed by atoms with E-state index in [1.807, 2.05) is 4.68 Å². The molecule has 0 fully saturated rings. The van der Waals surface area contributed by atoms with E-state index >= 15 is 0 Å². The van der Waals surface area contributed by atoms with Crippen LogP contribution in [-0.4, -0.2) is 20.2 Å². The van der Waals surface area contributed by atoms with Gasteiger partial charge in [0, 0.05) is 6.54 Å². The van der Waals surface area contributed by atoms with Gasteiger partial charge in [-0.3, -0.25) is 0 Å². The van der Waals surface area contributed by atoms with E-state index < -0.39 is 0 Å². The number of hydrogen-bond donors (Lipinski definition) is 0. The number of unbranched alkanes of at least 4 members (excludes halogenated alkanes) is 10. The van der Waals surface area contributed by atoms with E-state index in [4.69, 9.17) is 0 Å². The van der Waals surface area contributed by atoms with Crippen LogP contribution in [-0.2, 0) is 6.54 Å². The molecule has 0 radical (unpaired) electrons. The van der Waals surface area contributed by atoms with Crippen molar-refractivity contribution in [3.05, 3.63) is 6.33 Å². The summed E-state index contributed by atoms with van der Waals surface area (Å²) in [5.41, 5.74) is 0. The van der Waals surface area contributed by atoms with Gasteiger partial charge in [-0.2, -0.15) is 0 Å². The summed E-state index contributed by atoms with van der Waals surface area (Å²) < 4.78 is 1.83. The van der Waals surface area contributed by atoms with Crippen molar-refractivity contribution in [2.75, 3.05) is 0 Å². The largest absolute Gasteiger partial charge is 0.233 e.